The predicted octanol–water partition coefficient (Wildman–Crippen LogP) is 7.56. The van der Waals surface area contributed by atoms with Crippen LogP contribution < -0.4 is 29.6 Å². The smallest absolute Gasteiger partial charge is 0.446 e. The second kappa shape index (κ2) is 16.8. The zero-order valence-electron chi connectivity index (χ0n) is 27.0. The van der Waals surface area contributed by atoms with E-state index in [0.29, 0.717) is 17.5 Å². The summed E-state index contributed by atoms with van der Waals surface area (Å²) in [7, 11) is -3.92. The van der Waals surface area contributed by atoms with Gasteiger partial charge in [0.15, 0.2) is 11.5 Å². The highest BCUT2D eigenvalue weighted by molar-refractivity contribution is 7.95. The largest absolute Gasteiger partial charge is 0.504 e. The molecule has 0 amide bonds. The Morgan fingerprint density at radius 3 is 1.43 bits per heavy atom. The minimum atomic E-state index is -4.80. The molecule has 9 heteroatoms. The molecule has 0 spiro atoms. The number of benzene rings is 4. The normalized spacial score (nSPS) is 11.7. The van der Waals surface area contributed by atoms with E-state index in [9.17, 15) is 18.1 Å². The van der Waals surface area contributed by atoms with E-state index in [-0.39, 0.29) is 23.0 Å². The van der Waals surface area contributed by atoms with Crippen LogP contribution in [0.5, 0.6) is 23.0 Å². The summed E-state index contributed by atoms with van der Waals surface area (Å²) in [6.45, 7) is 1.63. The first-order valence-electron chi connectivity index (χ1n) is 15.9. The van der Waals surface area contributed by atoms with E-state index in [1.54, 1.807) is 6.92 Å². The molecule has 0 saturated carbocycles. The van der Waals surface area contributed by atoms with Gasteiger partial charge >= 0.3 is 10.4 Å². The Morgan fingerprint density at radius 1 is 0.609 bits per heavy atom. The van der Waals surface area contributed by atoms with Crippen LogP contribution in [0.1, 0.15) is 62.5 Å². The number of ether oxygens (including phenoxy) is 2. The summed E-state index contributed by atoms with van der Waals surface area (Å²) in [6, 6.07) is 33.1. The molecule has 246 valence electrons. The minimum absolute atomic E-state index is 0.0278. The fourth-order valence-electron chi connectivity index (χ4n) is 6.31. The van der Waals surface area contributed by atoms with Gasteiger partial charge < -0.3 is 18.8 Å². The van der Waals surface area contributed by atoms with Gasteiger partial charge in [-0.25, -0.2) is 0 Å². The van der Waals surface area contributed by atoms with Crippen LogP contribution in [0.4, 0.5) is 0 Å². The second-order valence-corrected chi connectivity index (χ2v) is 16.1. The Morgan fingerprint density at radius 2 is 1.02 bits per heavy atom. The average Bonchev–Trinajstić information content (AvgIpc) is 3.07. The summed E-state index contributed by atoms with van der Waals surface area (Å²) in [5.74, 6) is -0.414. The van der Waals surface area contributed by atoms with Crippen LogP contribution in [0, 0.1) is 6.92 Å². The molecule has 0 aliphatic carbocycles. The Kier molecular flexibility index (Phi) is 12.9. The van der Waals surface area contributed by atoms with Gasteiger partial charge in [-0.15, -0.1) is 0 Å². The van der Waals surface area contributed by atoms with Gasteiger partial charge in [0.05, 0.1) is 20.4 Å². The van der Waals surface area contributed by atoms with Gasteiger partial charge in [-0.2, -0.15) is 8.42 Å². The van der Waals surface area contributed by atoms with Crippen molar-refractivity contribution in [3.63, 3.8) is 0 Å². The number of phenols is 1. The maximum atomic E-state index is 11.5. The lowest BCUT2D eigenvalue weighted by molar-refractivity contribution is 0.315. The highest BCUT2D eigenvalue weighted by Crippen LogP contribution is 2.56. The fourth-order valence-corrected chi connectivity index (χ4v) is 11.1. The molecule has 0 aromatic heterocycles. The molecule has 0 radical (unpaired) electrons. The van der Waals surface area contributed by atoms with E-state index in [1.165, 1.54) is 49.4 Å². The SMILES string of the molecule is COc1c(O)c(CCCCCCCCCC[P+](c2ccccc2)(c2ccccc2)c2ccccc2)c(C)c(OS(=O)(=O)O)c1OC. The van der Waals surface area contributed by atoms with Crippen LogP contribution in [0.25, 0.3) is 0 Å². The first-order chi connectivity index (χ1) is 22.2. The van der Waals surface area contributed by atoms with Crippen LogP contribution in [-0.2, 0) is 16.8 Å². The molecule has 7 nitrogen and oxygen atoms in total. The van der Waals surface area contributed by atoms with E-state index in [1.807, 2.05) is 0 Å². The van der Waals surface area contributed by atoms with Crippen molar-refractivity contribution >= 4 is 33.6 Å². The lowest BCUT2D eigenvalue weighted by Crippen LogP contribution is -2.33. The third kappa shape index (κ3) is 8.61. The number of hydrogen-bond donors (Lipinski definition) is 2. The molecular weight excluding hydrogens is 619 g/mol. The summed E-state index contributed by atoms with van der Waals surface area (Å²) in [4.78, 5) is 0. The Hall–Kier alpha value is -3.58. The molecule has 4 aromatic rings. The number of unbranched alkanes of at least 4 members (excludes halogenated alkanes) is 7. The molecule has 46 heavy (non-hydrogen) atoms. The van der Waals surface area contributed by atoms with Gasteiger partial charge in [-0.1, -0.05) is 86.7 Å². The summed E-state index contributed by atoms with van der Waals surface area (Å²) in [5, 5.41) is 15.1. The van der Waals surface area contributed by atoms with Crippen LogP contribution in [-0.4, -0.2) is 38.5 Å². The predicted molar refractivity (Wildman–Crippen MR) is 189 cm³/mol. The maximum absolute atomic E-state index is 11.5. The van der Waals surface area contributed by atoms with Gasteiger partial charge in [0.2, 0.25) is 11.5 Å². The van der Waals surface area contributed by atoms with Crippen molar-refractivity contribution in [3.05, 3.63) is 102 Å². The third-order valence-corrected chi connectivity index (χ3v) is 13.5. The molecule has 4 aromatic carbocycles. The quantitative estimate of drug-likeness (QED) is 0.0643. The molecule has 0 fully saturated rings. The lowest BCUT2D eigenvalue weighted by Gasteiger charge is -2.27. The molecule has 0 aliphatic heterocycles. The second-order valence-electron chi connectivity index (χ2n) is 11.5. The Bertz CT molecular complexity index is 1530. The molecule has 4 rings (SSSR count). The summed E-state index contributed by atoms with van der Waals surface area (Å²) >= 11 is 0. The van der Waals surface area contributed by atoms with Gasteiger partial charge in [-0.3, -0.25) is 4.55 Å². The first-order valence-corrected chi connectivity index (χ1v) is 19.2. The highest BCUT2D eigenvalue weighted by Gasteiger charge is 2.44. The van der Waals surface area contributed by atoms with Crippen molar-refractivity contribution in [2.75, 3.05) is 20.4 Å². The summed E-state index contributed by atoms with van der Waals surface area (Å²) in [5.41, 5.74) is 0.895. The van der Waals surface area contributed by atoms with Gasteiger partial charge in [-0.05, 0) is 69.0 Å². The standard InChI is InChI=1S/C37H45O7PS/c1-29-33(34(38)36(42-2)37(43-3)35(29)44-46(39,40)41)27-19-8-6-4-5-7-9-20-28-45(30-21-13-10-14-22-30,31-23-15-11-16-24-31)32-25-17-12-18-26-32/h10-18,21-26H,4-9,19-20,27-28H2,1-3H3,(H-,38,39,40,41)/p+1. The molecular formula is C37H46O7PS+. The summed E-state index contributed by atoms with van der Waals surface area (Å²) in [6.07, 6.45) is 10.3. The number of aromatic hydroxyl groups is 1. The first kappa shape index (κ1) is 35.3. The van der Waals surface area contributed by atoms with Crippen LogP contribution in [0.3, 0.4) is 0 Å². The average molecular weight is 666 g/mol. The number of rotatable bonds is 18. The number of methoxy groups -OCH3 is 2. The van der Waals surface area contributed by atoms with E-state index in [2.05, 4.69) is 91.0 Å². The van der Waals surface area contributed by atoms with Crippen molar-refractivity contribution in [1.29, 1.82) is 0 Å². The topological polar surface area (TPSA) is 102 Å². The molecule has 0 heterocycles. The Balaban J connectivity index is 1.31. The van der Waals surface area contributed by atoms with Gasteiger partial charge in [0, 0.05) is 11.1 Å². The zero-order chi connectivity index (χ0) is 33.0. The van der Waals surface area contributed by atoms with E-state index >= 15 is 0 Å². The monoisotopic (exact) mass is 665 g/mol. The van der Waals surface area contributed by atoms with E-state index in [4.69, 9.17) is 13.7 Å². The van der Waals surface area contributed by atoms with Crippen LogP contribution in [0.15, 0.2) is 91.0 Å². The lowest BCUT2D eigenvalue weighted by atomic mass is 9.98. The highest BCUT2D eigenvalue weighted by atomic mass is 32.3. The van der Waals surface area contributed by atoms with Gasteiger partial charge in [0.1, 0.15) is 23.2 Å². The van der Waals surface area contributed by atoms with Crippen LogP contribution in [0.2, 0.25) is 0 Å². The number of hydrogen-bond acceptors (Lipinski definition) is 6. The van der Waals surface area contributed by atoms with Crippen molar-refractivity contribution in [2.45, 2.75) is 64.7 Å². The van der Waals surface area contributed by atoms with Gasteiger partial charge in [0.25, 0.3) is 0 Å². The molecule has 0 aliphatic rings. The Labute approximate surface area is 274 Å². The van der Waals surface area contributed by atoms with Crippen molar-refractivity contribution < 1.29 is 31.7 Å². The van der Waals surface area contributed by atoms with Crippen molar-refractivity contribution in [1.82, 2.24) is 0 Å². The molecule has 0 saturated heterocycles. The third-order valence-electron chi connectivity index (χ3n) is 8.56. The van der Waals surface area contributed by atoms with E-state index < -0.39 is 17.7 Å². The van der Waals surface area contributed by atoms with Crippen molar-refractivity contribution in [3.8, 4) is 23.0 Å². The fraction of sp³-hybridized carbons (Fsp3) is 0.351. The van der Waals surface area contributed by atoms with Crippen LogP contribution >= 0.6 is 7.26 Å². The zero-order valence-corrected chi connectivity index (χ0v) is 28.7. The molecule has 0 bridgehead atoms. The summed E-state index contributed by atoms with van der Waals surface area (Å²) < 4.78 is 47.5. The molecule has 0 atom stereocenters. The number of phenolic OH excluding ortho intramolecular Hbond substituents is 1. The minimum Gasteiger partial charge on any atom is -0.504 e. The maximum Gasteiger partial charge on any atom is 0.446 e. The molecule has 2 N–H and O–H groups in total. The van der Waals surface area contributed by atoms with Crippen molar-refractivity contribution in [2.24, 2.45) is 0 Å². The molecule has 0 unspecified atom stereocenters. The van der Waals surface area contributed by atoms with E-state index in [0.717, 1.165) is 38.3 Å².